The first-order valence-electron chi connectivity index (χ1n) is 10.3. The van der Waals surface area contributed by atoms with Gasteiger partial charge in [0.2, 0.25) is 11.7 Å². The molecule has 2 aromatic heterocycles. The molecule has 9 nitrogen and oxygen atoms in total. The number of nitrogens with one attached hydrogen (secondary N) is 3. The van der Waals surface area contributed by atoms with Crippen LogP contribution in [0, 0.1) is 17.5 Å². The molecule has 2 aromatic carbocycles. The summed E-state index contributed by atoms with van der Waals surface area (Å²) < 4.78 is 47.2. The fourth-order valence-electron chi connectivity index (χ4n) is 3.97. The van der Waals surface area contributed by atoms with Crippen molar-refractivity contribution in [1.82, 2.24) is 24.6 Å². The molecule has 184 valence electrons. The average Bonchev–Trinajstić information content (AvgIpc) is 3.41. The van der Waals surface area contributed by atoms with Gasteiger partial charge in [0.05, 0.1) is 16.4 Å². The number of fused-ring (bicyclic) bond motifs is 2. The Morgan fingerprint density at radius 3 is 2.69 bits per heavy atom. The highest BCUT2D eigenvalue weighted by atomic mass is 35.5. The van der Waals surface area contributed by atoms with Crippen LogP contribution >= 0.6 is 23.1 Å². The van der Waals surface area contributed by atoms with E-state index in [1.54, 1.807) is 0 Å². The molecular weight excluding hydrogens is 521 g/mol. The number of hydrogen-bond acceptors (Lipinski definition) is 6. The third kappa shape index (κ3) is 3.95. The van der Waals surface area contributed by atoms with E-state index in [-0.39, 0.29) is 50.2 Å². The van der Waals surface area contributed by atoms with Crippen molar-refractivity contribution in [2.45, 2.75) is 12.6 Å². The van der Waals surface area contributed by atoms with Crippen LogP contribution in [-0.2, 0) is 11.3 Å². The van der Waals surface area contributed by atoms with Crippen LogP contribution in [0.15, 0.2) is 30.3 Å². The summed E-state index contributed by atoms with van der Waals surface area (Å²) >= 11 is 6.95. The van der Waals surface area contributed by atoms with Crippen molar-refractivity contribution in [2.24, 2.45) is 0 Å². The van der Waals surface area contributed by atoms with E-state index in [0.29, 0.717) is 17.6 Å². The molecule has 0 saturated heterocycles. The van der Waals surface area contributed by atoms with E-state index >= 15 is 0 Å². The highest BCUT2D eigenvalue weighted by Gasteiger charge is 2.36. The number of hydrogen-bond donors (Lipinski definition) is 3. The summed E-state index contributed by atoms with van der Waals surface area (Å²) in [5.41, 5.74) is 0.0378. The lowest BCUT2D eigenvalue weighted by Crippen LogP contribution is -2.41. The van der Waals surface area contributed by atoms with Gasteiger partial charge in [-0.2, -0.15) is 4.37 Å². The van der Waals surface area contributed by atoms with Crippen molar-refractivity contribution in [2.75, 3.05) is 12.4 Å². The Labute approximate surface area is 209 Å². The number of amides is 3. The highest BCUT2D eigenvalue weighted by molar-refractivity contribution is 7.13. The summed E-state index contributed by atoms with van der Waals surface area (Å²) in [5.74, 6) is -4.77. The second-order valence-electron chi connectivity index (χ2n) is 7.75. The van der Waals surface area contributed by atoms with E-state index in [4.69, 9.17) is 11.6 Å². The zero-order valence-electron chi connectivity index (χ0n) is 18.2. The summed E-state index contributed by atoms with van der Waals surface area (Å²) in [4.78, 5) is 42.4. The minimum absolute atomic E-state index is 0.0175. The van der Waals surface area contributed by atoms with Gasteiger partial charge in [-0.1, -0.05) is 11.6 Å². The minimum atomic E-state index is -1.09. The standard InChI is InChI=1S/C22H14ClF3N6O3S/c1-27-22(35)20-29-19(30-21(34)16-11-5-9(25)6-13(26)18(11)36-31-16)17-15(28-14(33)7-32(17)20)10-4-8(24)2-3-12(10)23/h2-6,15H,7H2,1H3,(H,27,35)(H,28,33)(H,30,34)/t15-/m1/s1. The minimum Gasteiger partial charge on any atom is -0.352 e. The number of imidazole rings is 1. The summed E-state index contributed by atoms with van der Waals surface area (Å²) in [6.45, 7) is -0.319. The monoisotopic (exact) mass is 534 g/mol. The van der Waals surface area contributed by atoms with Crippen LogP contribution < -0.4 is 16.0 Å². The van der Waals surface area contributed by atoms with E-state index in [9.17, 15) is 27.6 Å². The average molecular weight is 535 g/mol. The number of carbonyl (C=O) groups excluding carboxylic acids is 3. The Bertz CT molecular complexity index is 1590. The number of halogens is 4. The molecule has 1 aliphatic heterocycles. The molecule has 1 atom stereocenters. The van der Waals surface area contributed by atoms with Crippen molar-refractivity contribution < 1.29 is 27.6 Å². The van der Waals surface area contributed by atoms with Crippen LogP contribution in [0.2, 0.25) is 5.02 Å². The third-order valence-corrected chi connectivity index (χ3v) is 6.74. The zero-order chi connectivity index (χ0) is 25.7. The van der Waals surface area contributed by atoms with Crippen LogP contribution in [-0.4, -0.2) is 38.7 Å². The van der Waals surface area contributed by atoms with Gasteiger partial charge in [-0.05, 0) is 35.8 Å². The van der Waals surface area contributed by atoms with Gasteiger partial charge < -0.3 is 20.5 Å². The molecular formula is C22H14ClF3N6O3S. The first-order valence-corrected chi connectivity index (χ1v) is 11.5. The summed E-state index contributed by atoms with van der Waals surface area (Å²) in [6, 6.07) is 4.12. The lowest BCUT2D eigenvalue weighted by Gasteiger charge is -2.28. The summed E-state index contributed by atoms with van der Waals surface area (Å²) in [6.07, 6.45) is 0. The first-order chi connectivity index (χ1) is 17.2. The predicted octanol–water partition coefficient (Wildman–Crippen LogP) is 3.39. The van der Waals surface area contributed by atoms with Crippen molar-refractivity contribution in [3.8, 4) is 0 Å². The topological polar surface area (TPSA) is 118 Å². The smallest absolute Gasteiger partial charge is 0.287 e. The summed E-state index contributed by atoms with van der Waals surface area (Å²) in [5, 5.41) is 7.66. The van der Waals surface area contributed by atoms with Gasteiger partial charge in [-0.15, -0.1) is 0 Å². The SMILES string of the molecule is CNC(=O)c1nc(NC(=O)c2nsc3c(F)cc(F)cc23)c2n1CC(=O)N[C@@H]2c1cc(F)ccc1Cl. The maximum atomic E-state index is 14.1. The maximum absolute atomic E-state index is 14.1. The van der Waals surface area contributed by atoms with Gasteiger partial charge in [0.25, 0.3) is 11.8 Å². The number of rotatable bonds is 4. The second kappa shape index (κ2) is 8.91. The molecule has 14 heteroatoms. The van der Waals surface area contributed by atoms with E-state index in [1.807, 2.05) is 0 Å². The Kier molecular flexibility index (Phi) is 5.88. The zero-order valence-corrected chi connectivity index (χ0v) is 19.7. The predicted molar refractivity (Wildman–Crippen MR) is 125 cm³/mol. The Morgan fingerprint density at radius 2 is 1.94 bits per heavy atom. The molecule has 0 fully saturated rings. The second-order valence-corrected chi connectivity index (χ2v) is 8.93. The van der Waals surface area contributed by atoms with Crippen molar-refractivity contribution in [3.63, 3.8) is 0 Å². The molecule has 3 amide bonds. The quantitative estimate of drug-likeness (QED) is 0.371. The van der Waals surface area contributed by atoms with Gasteiger partial charge >= 0.3 is 0 Å². The van der Waals surface area contributed by atoms with E-state index in [2.05, 4.69) is 25.3 Å². The lowest BCUT2D eigenvalue weighted by molar-refractivity contribution is -0.123. The summed E-state index contributed by atoms with van der Waals surface area (Å²) in [7, 11) is 1.36. The molecule has 3 N–H and O–H groups in total. The largest absolute Gasteiger partial charge is 0.352 e. The number of benzene rings is 2. The highest BCUT2D eigenvalue weighted by Crippen LogP contribution is 2.36. The molecule has 36 heavy (non-hydrogen) atoms. The molecule has 0 unspecified atom stereocenters. The Hall–Kier alpha value is -3.97. The van der Waals surface area contributed by atoms with Crippen molar-refractivity contribution in [1.29, 1.82) is 0 Å². The molecule has 0 radical (unpaired) electrons. The van der Waals surface area contributed by atoms with Crippen LogP contribution in [0.4, 0.5) is 19.0 Å². The van der Waals surface area contributed by atoms with Crippen LogP contribution in [0.5, 0.6) is 0 Å². The third-order valence-electron chi connectivity index (χ3n) is 5.53. The molecule has 4 aromatic rings. The number of anilines is 1. The molecule has 3 heterocycles. The first kappa shape index (κ1) is 23.8. The number of carbonyl (C=O) groups is 3. The normalized spacial score (nSPS) is 14.9. The number of aromatic nitrogens is 3. The van der Waals surface area contributed by atoms with Crippen LogP contribution in [0.25, 0.3) is 10.1 Å². The van der Waals surface area contributed by atoms with Gasteiger partial charge in [0, 0.05) is 29.1 Å². The molecule has 0 aliphatic carbocycles. The maximum Gasteiger partial charge on any atom is 0.287 e. The van der Waals surface area contributed by atoms with Crippen molar-refractivity contribution in [3.05, 3.63) is 75.6 Å². The van der Waals surface area contributed by atoms with Gasteiger partial charge in [-0.3, -0.25) is 14.4 Å². The van der Waals surface area contributed by atoms with E-state index < -0.39 is 41.2 Å². The Morgan fingerprint density at radius 1 is 1.17 bits per heavy atom. The van der Waals surface area contributed by atoms with E-state index in [1.165, 1.54) is 17.7 Å². The van der Waals surface area contributed by atoms with Crippen molar-refractivity contribution >= 4 is 56.8 Å². The Balaban J connectivity index is 1.65. The molecule has 1 aliphatic rings. The molecule has 5 rings (SSSR count). The molecule has 0 spiro atoms. The molecule has 0 bridgehead atoms. The van der Waals surface area contributed by atoms with E-state index in [0.717, 1.165) is 18.2 Å². The fraction of sp³-hybridized carbons (Fsp3) is 0.136. The molecule has 0 saturated carbocycles. The fourth-order valence-corrected chi connectivity index (χ4v) is 4.97. The van der Waals surface area contributed by atoms with Crippen LogP contribution in [0.3, 0.4) is 0 Å². The van der Waals surface area contributed by atoms with Crippen LogP contribution in [0.1, 0.15) is 38.4 Å². The van der Waals surface area contributed by atoms with Gasteiger partial charge in [0.15, 0.2) is 5.82 Å². The van der Waals surface area contributed by atoms with Gasteiger partial charge in [-0.25, -0.2) is 18.2 Å². The lowest BCUT2D eigenvalue weighted by atomic mass is 10.0. The number of nitrogens with zero attached hydrogens (tertiary/aromatic N) is 3. The van der Waals surface area contributed by atoms with Gasteiger partial charge in [0.1, 0.15) is 29.7 Å².